The van der Waals surface area contributed by atoms with Gasteiger partial charge in [-0.1, -0.05) is 11.6 Å². The van der Waals surface area contributed by atoms with Crippen molar-refractivity contribution < 1.29 is 14.3 Å². The second-order valence-electron chi connectivity index (χ2n) is 4.36. The zero-order valence-electron chi connectivity index (χ0n) is 10.3. The third-order valence-corrected chi connectivity index (χ3v) is 2.95. The Morgan fingerprint density at radius 1 is 1.26 bits per heavy atom. The number of benzene rings is 1. The average Bonchev–Trinajstić information content (AvgIpc) is 2.81. The van der Waals surface area contributed by atoms with Crippen LogP contribution in [0.15, 0.2) is 47.0 Å². The van der Waals surface area contributed by atoms with Crippen molar-refractivity contribution in [1.29, 1.82) is 0 Å². The fourth-order valence-corrected chi connectivity index (χ4v) is 2.07. The SMILES string of the molecule is Cc1ccc2oc(-c3cccnc3C(=O)O)cc2c1. The van der Waals surface area contributed by atoms with Crippen molar-refractivity contribution in [2.45, 2.75) is 6.92 Å². The number of fused-ring (bicyclic) bond motifs is 1. The van der Waals surface area contributed by atoms with E-state index in [-0.39, 0.29) is 5.69 Å². The predicted molar refractivity (Wildman–Crippen MR) is 71.1 cm³/mol. The summed E-state index contributed by atoms with van der Waals surface area (Å²) in [6, 6.07) is 11.1. The number of aryl methyl sites for hydroxylation is 1. The first-order valence-electron chi connectivity index (χ1n) is 5.84. The van der Waals surface area contributed by atoms with Crippen molar-refractivity contribution in [3.05, 3.63) is 53.9 Å². The molecule has 4 nitrogen and oxygen atoms in total. The highest BCUT2D eigenvalue weighted by Gasteiger charge is 2.16. The average molecular weight is 253 g/mol. The molecule has 3 rings (SSSR count). The summed E-state index contributed by atoms with van der Waals surface area (Å²) in [6.45, 7) is 2.00. The number of carbonyl (C=O) groups is 1. The van der Waals surface area contributed by atoms with Gasteiger partial charge in [0.05, 0.1) is 5.56 Å². The molecular formula is C15H11NO3. The zero-order chi connectivity index (χ0) is 13.4. The molecule has 0 bridgehead atoms. The van der Waals surface area contributed by atoms with Crippen LogP contribution in [-0.2, 0) is 0 Å². The molecule has 0 fully saturated rings. The van der Waals surface area contributed by atoms with Gasteiger partial charge in [-0.3, -0.25) is 0 Å². The highest BCUT2D eigenvalue weighted by molar-refractivity contribution is 5.94. The van der Waals surface area contributed by atoms with Crippen LogP contribution in [0.25, 0.3) is 22.3 Å². The molecule has 1 N–H and O–H groups in total. The minimum atomic E-state index is -1.06. The molecule has 19 heavy (non-hydrogen) atoms. The number of furan rings is 1. The summed E-state index contributed by atoms with van der Waals surface area (Å²) in [7, 11) is 0. The first-order valence-corrected chi connectivity index (χ1v) is 5.84. The lowest BCUT2D eigenvalue weighted by Gasteiger charge is -2.00. The van der Waals surface area contributed by atoms with E-state index >= 15 is 0 Å². The quantitative estimate of drug-likeness (QED) is 0.759. The molecule has 0 unspecified atom stereocenters. The Kier molecular flexibility index (Phi) is 2.56. The van der Waals surface area contributed by atoms with Crippen molar-refractivity contribution in [1.82, 2.24) is 4.98 Å². The summed E-state index contributed by atoms with van der Waals surface area (Å²) < 4.78 is 5.70. The summed E-state index contributed by atoms with van der Waals surface area (Å²) in [4.78, 5) is 15.0. The molecule has 0 aliphatic carbocycles. The molecular weight excluding hydrogens is 242 g/mol. The molecule has 1 aromatic carbocycles. The maximum Gasteiger partial charge on any atom is 0.355 e. The fourth-order valence-electron chi connectivity index (χ4n) is 2.07. The van der Waals surface area contributed by atoms with Gasteiger partial charge in [-0.2, -0.15) is 0 Å². The van der Waals surface area contributed by atoms with E-state index in [1.165, 1.54) is 6.20 Å². The first kappa shape index (κ1) is 11.5. The van der Waals surface area contributed by atoms with Crippen LogP contribution in [0.4, 0.5) is 0 Å². The smallest absolute Gasteiger partial charge is 0.355 e. The second-order valence-corrected chi connectivity index (χ2v) is 4.36. The zero-order valence-corrected chi connectivity index (χ0v) is 10.3. The molecule has 2 heterocycles. The Labute approximate surface area is 109 Å². The number of hydrogen-bond acceptors (Lipinski definition) is 3. The van der Waals surface area contributed by atoms with Crippen molar-refractivity contribution >= 4 is 16.9 Å². The van der Waals surface area contributed by atoms with E-state index in [0.29, 0.717) is 11.3 Å². The monoisotopic (exact) mass is 253 g/mol. The van der Waals surface area contributed by atoms with Crippen LogP contribution in [0.3, 0.4) is 0 Å². The van der Waals surface area contributed by atoms with Gasteiger partial charge in [-0.25, -0.2) is 9.78 Å². The number of nitrogens with zero attached hydrogens (tertiary/aromatic N) is 1. The van der Waals surface area contributed by atoms with Crippen LogP contribution < -0.4 is 0 Å². The van der Waals surface area contributed by atoms with Crippen LogP contribution in [0.5, 0.6) is 0 Å². The van der Waals surface area contributed by atoms with Gasteiger partial charge in [0, 0.05) is 11.6 Å². The molecule has 94 valence electrons. The highest BCUT2D eigenvalue weighted by atomic mass is 16.4. The van der Waals surface area contributed by atoms with Crippen LogP contribution in [0, 0.1) is 6.92 Å². The molecule has 0 aliphatic heterocycles. The van der Waals surface area contributed by atoms with Gasteiger partial charge >= 0.3 is 5.97 Å². The predicted octanol–water partition coefficient (Wildman–Crippen LogP) is 3.50. The Morgan fingerprint density at radius 2 is 2.11 bits per heavy atom. The number of aromatic nitrogens is 1. The lowest BCUT2D eigenvalue weighted by molar-refractivity contribution is 0.0691. The molecule has 3 aromatic rings. The summed E-state index contributed by atoms with van der Waals surface area (Å²) in [5.74, 6) is -0.543. The number of aromatic carboxylic acids is 1. The summed E-state index contributed by atoms with van der Waals surface area (Å²) in [6.07, 6.45) is 1.46. The molecule has 0 aliphatic rings. The molecule has 0 saturated heterocycles. The van der Waals surface area contributed by atoms with Crippen molar-refractivity contribution in [2.24, 2.45) is 0 Å². The number of carboxylic acid groups (broad SMARTS) is 1. The van der Waals surface area contributed by atoms with Gasteiger partial charge < -0.3 is 9.52 Å². The fraction of sp³-hybridized carbons (Fsp3) is 0.0667. The minimum Gasteiger partial charge on any atom is -0.476 e. The third kappa shape index (κ3) is 1.97. The molecule has 0 atom stereocenters. The number of rotatable bonds is 2. The Hall–Kier alpha value is -2.62. The van der Waals surface area contributed by atoms with Crippen LogP contribution in [-0.4, -0.2) is 16.1 Å². The second kappa shape index (κ2) is 4.24. The van der Waals surface area contributed by atoms with Gasteiger partial charge in [-0.15, -0.1) is 0 Å². The first-order chi connectivity index (χ1) is 9.15. The van der Waals surface area contributed by atoms with Crippen molar-refractivity contribution in [3.8, 4) is 11.3 Å². The maximum atomic E-state index is 11.2. The summed E-state index contributed by atoms with van der Waals surface area (Å²) in [5, 5.41) is 10.1. The Morgan fingerprint density at radius 3 is 2.89 bits per heavy atom. The van der Waals surface area contributed by atoms with Crippen molar-refractivity contribution in [2.75, 3.05) is 0 Å². The van der Waals surface area contributed by atoms with E-state index in [0.717, 1.165) is 16.5 Å². The molecule has 0 spiro atoms. The lowest BCUT2D eigenvalue weighted by Crippen LogP contribution is -2.01. The van der Waals surface area contributed by atoms with E-state index in [2.05, 4.69) is 4.98 Å². The summed E-state index contributed by atoms with van der Waals surface area (Å²) in [5.41, 5.74) is 2.35. The summed E-state index contributed by atoms with van der Waals surface area (Å²) >= 11 is 0. The third-order valence-electron chi connectivity index (χ3n) is 2.95. The van der Waals surface area contributed by atoms with Gasteiger partial charge in [-0.05, 0) is 37.3 Å². The molecule has 0 saturated carbocycles. The van der Waals surface area contributed by atoms with Gasteiger partial charge in [0.15, 0.2) is 5.69 Å². The van der Waals surface area contributed by atoms with Gasteiger partial charge in [0.1, 0.15) is 11.3 Å². The Bertz CT molecular complexity index is 774. The molecule has 4 heteroatoms. The van der Waals surface area contributed by atoms with E-state index in [1.54, 1.807) is 12.1 Å². The normalized spacial score (nSPS) is 10.8. The lowest BCUT2D eigenvalue weighted by atomic mass is 10.1. The minimum absolute atomic E-state index is 0.00159. The van der Waals surface area contributed by atoms with Crippen LogP contribution in [0.2, 0.25) is 0 Å². The van der Waals surface area contributed by atoms with Crippen molar-refractivity contribution in [3.63, 3.8) is 0 Å². The standard InChI is InChI=1S/C15H11NO3/c1-9-4-5-12-10(7-9)8-13(19-12)11-3-2-6-16-14(11)15(17)18/h2-8H,1H3,(H,17,18). The van der Waals surface area contributed by atoms with E-state index in [4.69, 9.17) is 9.52 Å². The number of carboxylic acids is 1. The van der Waals surface area contributed by atoms with Gasteiger partial charge in [0.2, 0.25) is 0 Å². The topological polar surface area (TPSA) is 63.3 Å². The molecule has 0 radical (unpaired) electrons. The van der Waals surface area contributed by atoms with Crippen LogP contribution >= 0.6 is 0 Å². The van der Waals surface area contributed by atoms with Gasteiger partial charge in [0.25, 0.3) is 0 Å². The molecule has 0 amide bonds. The van der Waals surface area contributed by atoms with E-state index in [1.807, 2.05) is 31.2 Å². The van der Waals surface area contributed by atoms with E-state index in [9.17, 15) is 4.79 Å². The Balaban J connectivity index is 2.22. The van der Waals surface area contributed by atoms with Crippen LogP contribution in [0.1, 0.15) is 16.1 Å². The largest absolute Gasteiger partial charge is 0.476 e. The van der Waals surface area contributed by atoms with E-state index < -0.39 is 5.97 Å². The number of pyridine rings is 1. The maximum absolute atomic E-state index is 11.2. The molecule has 2 aromatic heterocycles. The highest BCUT2D eigenvalue weighted by Crippen LogP contribution is 2.29. The number of hydrogen-bond donors (Lipinski definition) is 1.